The molecule has 0 aliphatic carbocycles. The van der Waals surface area contributed by atoms with Gasteiger partial charge in [0.15, 0.2) is 0 Å². The van der Waals surface area contributed by atoms with Crippen molar-refractivity contribution >= 4 is 23.4 Å². The molecule has 180 valence electrons. The number of anilines is 1. The summed E-state index contributed by atoms with van der Waals surface area (Å²) in [5, 5.41) is 8.77. The van der Waals surface area contributed by atoms with Crippen molar-refractivity contribution in [3.05, 3.63) is 102 Å². The minimum atomic E-state index is -0.935. The highest BCUT2D eigenvalue weighted by molar-refractivity contribution is 6.07. The van der Waals surface area contributed by atoms with Gasteiger partial charge in [0.2, 0.25) is 11.8 Å². The molecule has 3 N–H and O–H groups in total. The molecule has 3 atom stereocenters. The quantitative estimate of drug-likeness (QED) is 0.472. The van der Waals surface area contributed by atoms with Crippen LogP contribution < -0.4 is 20.9 Å². The topological polar surface area (TPSA) is 90.5 Å². The molecule has 1 aliphatic rings. The average Bonchev–Trinajstić information content (AvgIpc) is 3.30. The van der Waals surface area contributed by atoms with E-state index in [4.69, 9.17) is 0 Å². The van der Waals surface area contributed by atoms with Crippen molar-refractivity contribution in [2.75, 3.05) is 11.9 Å². The molecule has 3 amide bonds. The van der Waals surface area contributed by atoms with Gasteiger partial charge in [-0.3, -0.25) is 19.3 Å². The number of hydrogen-bond acceptors (Lipinski definition) is 4. The molecule has 35 heavy (non-hydrogen) atoms. The van der Waals surface area contributed by atoms with E-state index >= 15 is 0 Å². The Morgan fingerprint density at radius 3 is 2.23 bits per heavy atom. The Kier molecular flexibility index (Phi) is 7.57. The number of benzene rings is 3. The summed E-state index contributed by atoms with van der Waals surface area (Å²) in [5.41, 5.74) is 3.24. The van der Waals surface area contributed by atoms with Crippen LogP contribution in [0, 0.1) is 0 Å². The Labute approximate surface area is 205 Å². The molecule has 0 radical (unpaired) electrons. The molecule has 0 spiro atoms. The fourth-order valence-electron chi connectivity index (χ4n) is 4.24. The van der Waals surface area contributed by atoms with Gasteiger partial charge in [0, 0.05) is 18.7 Å². The van der Waals surface area contributed by atoms with E-state index in [9.17, 15) is 14.4 Å². The van der Waals surface area contributed by atoms with Crippen molar-refractivity contribution in [3.8, 4) is 0 Å². The summed E-state index contributed by atoms with van der Waals surface area (Å²) >= 11 is 0. The van der Waals surface area contributed by atoms with Gasteiger partial charge in [0.1, 0.15) is 12.1 Å². The summed E-state index contributed by atoms with van der Waals surface area (Å²) in [6, 6.07) is 24.1. The van der Waals surface area contributed by atoms with E-state index in [0.29, 0.717) is 24.2 Å². The Bertz CT molecular complexity index is 1180. The molecule has 2 unspecified atom stereocenters. The first kappa shape index (κ1) is 24.2. The third-order valence-electron chi connectivity index (χ3n) is 6.32. The fraction of sp³-hybridized carbons (Fsp3) is 0.250. The molecule has 0 bridgehead atoms. The zero-order chi connectivity index (χ0) is 24.8. The second kappa shape index (κ2) is 11.0. The maximum absolute atomic E-state index is 14.1. The monoisotopic (exact) mass is 470 g/mol. The van der Waals surface area contributed by atoms with Gasteiger partial charge in [0.25, 0.3) is 5.91 Å². The van der Waals surface area contributed by atoms with Crippen LogP contribution in [0.15, 0.2) is 84.9 Å². The number of fused-ring (bicyclic) bond motifs is 1. The Morgan fingerprint density at radius 2 is 1.54 bits per heavy atom. The third kappa shape index (κ3) is 5.41. The van der Waals surface area contributed by atoms with E-state index < -0.39 is 18.1 Å². The van der Waals surface area contributed by atoms with Gasteiger partial charge >= 0.3 is 0 Å². The van der Waals surface area contributed by atoms with Gasteiger partial charge in [-0.1, -0.05) is 78.9 Å². The van der Waals surface area contributed by atoms with Gasteiger partial charge in [-0.2, -0.15) is 0 Å². The van der Waals surface area contributed by atoms with Crippen LogP contribution in [0.3, 0.4) is 0 Å². The molecule has 1 aliphatic heterocycles. The van der Waals surface area contributed by atoms with Crippen LogP contribution in [0.25, 0.3) is 0 Å². The van der Waals surface area contributed by atoms with E-state index in [0.717, 1.165) is 11.1 Å². The number of likely N-dealkylation sites (N-methyl/N-ethyl adjacent to an activating group) is 1. The molecule has 7 heteroatoms. The fourth-order valence-corrected chi connectivity index (χ4v) is 4.24. The lowest BCUT2D eigenvalue weighted by Crippen LogP contribution is -2.53. The number of para-hydroxylation sites is 1. The second-order valence-electron chi connectivity index (χ2n) is 8.62. The van der Waals surface area contributed by atoms with Crippen LogP contribution in [0.1, 0.15) is 29.7 Å². The number of nitrogens with zero attached hydrogens (tertiary/aromatic N) is 1. The van der Waals surface area contributed by atoms with E-state index in [1.807, 2.05) is 72.8 Å². The van der Waals surface area contributed by atoms with Gasteiger partial charge in [-0.05, 0) is 36.7 Å². The van der Waals surface area contributed by atoms with Gasteiger partial charge in [0.05, 0.1) is 6.04 Å². The summed E-state index contributed by atoms with van der Waals surface area (Å²) in [4.78, 5) is 41.7. The molecule has 3 aromatic carbocycles. The SMILES string of the molecule is CNC(C)C(=O)NC(C(=O)N1c2ccccc2C[C@H]1C(=O)NCc1ccccc1)c1ccccc1. The van der Waals surface area contributed by atoms with Crippen LogP contribution in [-0.2, 0) is 27.3 Å². The number of nitrogens with one attached hydrogen (secondary N) is 3. The van der Waals surface area contributed by atoms with Crippen molar-refractivity contribution < 1.29 is 14.4 Å². The van der Waals surface area contributed by atoms with Crippen molar-refractivity contribution in [1.82, 2.24) is 16.0 Å². The highest BCUT2D eigenvalue weighted by Gasteiger charge is 2.41. The average molecular weight is 471 g/mol. The van der Waals surface area contributed by atoms with Crippen LogP contribution in [0.5, 0.6) is 0 Å². The molecule has 0 fully saturated rings. The summed E-state index contributed by atoms with van der Waals surface area (Å²) < 4.78 is 0. The largest absolute Gasteiger partial charge is 0.350 e. The van der Waals surface area contributed by atoms with Crippen molar-refractivity contribution in [3.63, 3.8) is 0 Å². The molecule has 3 aromatic rings. The number of carbonyl (C=O) groups excluding carboxylic acids is 3. The number of amides is 3. The van der Waals surface area contributed by atoms with Crippen molar-refractivity contribution in [2.24, 2.45) is 0 Å². The first-order valence-electron chi connectivity index (χ1n) is 11.7. The smallest absolute Gasteiger partial charge is 0.254 e. The summed E-state index contributed by atoms with van der Waals surface area (Å²) in [6.07, 6.45) is 0.408. The zero-order valence-corrected chi connectivity index (χ0v) is 19.9. The van der Waals surface area contributed by atoms with Crippen molar-refractivity contribution in [1.29, 1.82) is 0 Å². The Morgan fingerprint density at radius 1 is 0.914 bits per heavy atom. The summed E-state index contributed by atoms with van der Waals surface area (Å²) in [7, 11) is 1.69. The molecule has 0 saturated carbocycles. The molecule has 7 nitrogen and oxygen atoms in total. The van der Waals surface area contributed by atoms with Crippen LogP contribution in [0.2, 0.25) is 0 Å². The minimum Gasteiger partial charge on any atom is -0.350 e. The van der Waals surface area contributed by atoms with E-state index in [1.165, 1.54) is 4.90 Å². The molecular formula is C28H30N4O3. The van der Waals surface area contributed by atoms with E-state index in [1.54, 1.807) is 26.1 Å². The lowest BCUT2D eigenvalue weighted by atomic mass is 10.0. The third-order valence-corrected chi connectivity index (χ3v) is 6.32. The standard InChI is InChI=1S/C28H30N4O3/c1-19(29-2)26(33)31-25(21-13-7-4-8-14-21)28(35)32-23-16-10-9-15-22(23)17-24(32)27(34)30-18-20-11-5-3-6-12-20/h3-16,19,24-25,29H,17-18H2,1-2H3,(H,30,34)(H,31,33)/t19?,24-,25?/m0/s1. The Balaban J connectivity index is 1.64. The molecule has 0 saturated heterocycles. The predicted molar refractivity (Wildman–Crippen MR) is 136 cm³/mol. The minimum absolute atomic E-state index is 0.236. The molecule has 4 rings (SSSR count). The van der Waals surface area contributed by atoms with Crippen LogP contribution in [0.4, 0.5) is 5.69 Å². The predicted octanol–water partition coefficient (Wildman–Crippen LogP) is 2.73. The van der Waals surface area contributed by atoms with Gasteiger partial charge in [-0.25, -0.2) is 0 Å². The lowest BCUT2D eigenvalue weighted by molar-refractivity contribution is -0.130. The lowest BCUT2D eigenvalue weighted by Gasteiger charge is -2.30. The van der Waals surface area contributed by atoms with Crippen LogP contribution in [-0.4, -0.2) is 36.9 Å². The number of rotatable bonds is 8. The molecule has 0 aromatic heterocycles. The zero-order valence-electron chi connectivity index (χ0n) is 19.9. The van der Waals surface area contributed by atoms with Crippen molar-refractivity contribution in [2.45, 2.75) is 38.0 Å². The van der Waals surface area contributed by atoms with Crippen LogP contribution >= 0.6 is 0 Å². The normalized spacial score (nSPS) is 16.2. The molecule has 1 heterocycles. The number of hydrogen-bond donors (Lipinski definition) is 3. The van der Waals surface area contributed by atoms with E-state index in [2.05, 4.69) is 16.0 Å². The number of carbonyl (C=O) groups is 3. The maximum atomic E-state index is 14.1. The highest BCUT2D eigenvalue weighted by Crippen LogP contribution is 2.34. The first-order valence-corrected chi connectivity index (χ1v) is 11.7. The highest BCUT2D eigenvalue weighted by atomic mass is 16.2. The first-order chi connectivity index (χ1) is 17.0. The maximum Gasteiger partial charge on any atom is 0.254 e. The summed E-state index contributed by atoms with van der Waals surface area (Å²) in [5.74, 6) is -0.884. The summed E-state index contributed by atoms with van der Waals surface area (Å²) in [6.45, 7) is 2.10. The molecular weight excluding hydrogens is 440 g/mol. The second-order valence-corrected chi connectivity index (χ2v) is 8.62. The van der Waals surface area contributed by atoms with Gasteiger partial charge in [-0.15, -0.1) is 0 Å². The Hall–Kier alpha value is -3.97. The van der Waals surface area contributed by atoms with E-state index in [-0.39, 0.29) is 17.7 Å². The van der Waals surface area contributed by atoms with Gasteiger partial charge < -0.3 is 16.0 Å².